The van der Waals surface area contributed by atoms with Crippen LogP contribution in [0.15, 0.2) is 82.8 Å². The molecule has 0 N–H and O–H groups in total. The molecule has 198 valence electrons. The minimum Gasteiger partial charge on any atom is -0.372 e. The van der Waals surface area contributed by atoms with Gasteiger partial charge in [0.2, 0.25) is 0 Å². The molecule has 0 unspecified atom stereocenters. The molecule has 0 saturated heterocycles. The zero-order valence-electron chi connectivity index (χ0n) is 22.9. The molecule has 0 heterocycles. The summed E-state index contributed by atoms with van der Waals surface area (Å²) in [5.74, 6) is -0.0394. The van der Waals surface area contributed by atoms with Gasteiger partial charge >= 0.3 is 0 Å². The van der Waals surface area contributed by atoms with E-state index in [-0.39, 0.29) is 24.7 Å². The molecule has 0 aliphatic rings. The first kappa shape index (κ1) is 28.5. The summed E-state index contributed by atoms with van der Waals surface area (Å²) in [4.78, 5) is 38.3. The normalized spacial score (nSPS) is 11.3. The predicted molar refractivity (Wildman–Crippen MR) is 160 cm³/mol. The molecule has 3 rings (SSSR count). The summed E-state index contributed by atoms with van der Waals surface area (Å²) in [5.41, 5.74) is 5.29. The molecular weight excluding hydrogens is 472 g/mol. The SMILES string of the molecule is CCN(CC)c1ccc(C(=O)CN=Cc2cccc(C=NCC(=O)c3ccc(N(CC)CC)cc3)c2)cc1. The number of hydrogen-bond donors (Lipinski definition) is 0. The van der Waals surface area contributed by atoms with Crippen molar-refractivity contribution < 1.29 is 9.59 Å². The van der Waals surface area contributed by atoms with Crippen LogP contribution >= 0.6 is 0 Å². The molecule has 6 nitrogen and oxygen atoms in total. The topological polar surface area (TPSA) is 65.3 Å². The zero-order chi connectivity index (χ0) is 27.3. The van der Waals surface area contributed by atoms with Crippen LogP contribution in [-0.4, -0.2) is 63.3 Å². The summed E-state index contributed by atoms with van der Waals surface area (Å²) in [6, 6.07) is 23.1. The van der Waals surface area contributed by atoms with Crippen molar-refractivity contribution in [2.45, 2.75) is 27.7 Å². The van der Waals surface area contributed by atoms with E-state index in [0.717, 1.165) is 48.7 Å². The van der Waals surface area contributed by atoms with E-state index in [1.165, 1.54) is 0 Å². The number of nitrogens with zero attached hydrogens (tertiary/aromatic N) is 4. The maximum absolute atomic E-state index is 12.5. The fraction of sp³-hybridized carbons (Fsp3) is 0.312. The quantitative estimate of drug-likeness (QED) is 0.198. The van der Waals surface area contributed by atoms with E-state index in [1.54, 1.807) is 12.4 Å². The third kappa shape index (κ3) is 7.97. The van der Waals surface area contributed by atoms with Crippen molar-refractivity contribution in [1.29, 1.82) is 0 Å². The Morgan fingerprint density at radius 2 is 0.974 bits per heavy atom. The summed E-state index contributed by atoms with van der Waals surface area (Å²) in [7, 11) is 0. The monoisotopic (exact) mass is 510 g/mol. The standard InChI is InChI=1S/C32H38N4O2/c1-5-35(6-2)29-16-12-27(13-17-29)31(37)23-33-21-25-10-9-11-26(20-25)22-34-24-32(38)28-14-18-30(19-15-28)36(7-3)8-4/h9-22H,5-8,23-24H2,1-4H3. The number of ketones is 2. The molecule has 0 radical (unpaired) electrons. The molecule has 0 amide bonds. The maximum Gasteiger partial charge on any atom is 0.184 e. The largest absolute Gasteiger partial charge is 0.372 e. The lowest BCUT2D eigenvalue weighted by Gasteiger charge is -2.20. The van der Waals surface area contributed by atoms with Crippen LogP contribution in [0.2, 0.25) is 0 Å². The summed E-state index contributed by atoms with van der Waals surface area (Å²) in [6.45, 7) is 12.4. The molecule has 0 aliphatic heterocycles. The lowest BCUT2D eigenvalue weighted by Crippen LogP contribution is -2.21. The zero-order valence-corrected chi connectivity index (χ0v) is 22.9. The smallest absolute Gasteiger partial charge is 0.184 e. The van der Waals surface area contributed by atoms with Gasteiger partial charge < -0.3 is 9.80 Å². The molecule has 0 saturated carbocycles. The van der Waals surface area contributed by atoms with Gasteiger partial charge in [0.1, 0.15) is 13.1 Å². The first-order chi connectivity index (χ1) is 18.5. The highest BCUT2D eigenvalue weighted by Crippen LogP contribution is 2.16. The van der Waals surface area contributed by atoms with Gasteiger partial charge in [-0.15, -0.1) is 0 Å². The van der Waals surface area contributed by atoms with Gasteiger partial charge in [0, 0.05) is 61.1 Å². The number of aliphatic imine (C=N–C) groups is 2. The van der Waals surface area contributed by atoms with Gasteiger partial charge in [0.15, 0.2) is 11.6 Å². The average molecular weight is 511 g/mol. The van der Waals surface area contributed by atoms with Gasteiger partial charge in [0.25, 0.3) is 0 Å². The highest BCUT2D eigenvalue weighted by atomic mass is 16.1. The van der Waals surface area contributed by atoms with Crippen molar-refractivity contribution in [1.82, 2.24) is 0 Å². The molecule has 3 aromatic carbocycles. The van der Waals surface area contributed by atoms with E-state index >= 15 is 0 Å². The fourth-order valence-corrected chi connectivity index (χ4v) is 4.26. The van der Waals surface area contributed by atoms with Crippen molar-refractivity contribution in [2.24, 2.45) is 9.98 Å². The van der Waals surface area contributed by atoms with Crippen LogP contribution in [0, 0.1) is 0 Å². The Morgan fingerprint density at radius 1 is 0.605 bits per heavy atom. The predicted octanol–water partition coefficient (Wildman–Crippen LogP) is 5.98. The minimum atomic E-state index is -0.0197. The molecule has 0 atom stereocenters. The number of Topliss-reactive ketones (excluding diaryl/α,β-unsaturated/α-hetero) is 2. The van der Waals surface area contributed by atoms with Gasteiger partial charge in [-0.2, -0.15) is 0 Å². The summed E-state index contributed by atoms with van der Waals surface area (Å²) in [6.07, 6.45) is 3.39. The second-order valence-corrected chi connectivity index (χ2v) is 8.89. The van der Waals surface area contributed by atoms with Crippen LogP contribution in [0.1, 0.15) is 59.5 Å². The summed E-state index contributed by atoms with van der Waals surface area (Å²) in [5, 5.41) is 0. The second kappa shape index (κ2) is 14.6. The first-order valence-corrected chi connectivity index (χ1v) is 13.3. The molecule has 0 spiro atoms. The van der Waals surface area contributed by atoms with Crippen LogP contribution in [0.4, 0.5) is 11.4 Å². The summed E-state index contributed by atoms with van der Waals surface area (Å²) >= 11 is 0. The lowest BCUT2D eigenvalue weighted by atomic mass is 10.1. The van der Waals surface area contributed by atoms with E-state index in [2.05, 4.69) is 47.5 Å². The minimum absolute atomic E-state index is 0.0197. The van der Waals surface area contributed by atoms with E-state index in [1.807, 2.05) is 72.8 Å². The van der Waals surface area contributed by atoms with Gasteiger partial charge in [-0.3, -0.25) is 19.6 Å². The Balaban J connectivity index is 1.53. The van der Waals surface area contributed by atoms with Gasteiger partial charge in [0.05, 0.1) is 0 Å². The average Bonchev–Trinajstić information content (AvgIpc) is 2.95. The number of carbonyl (C=O) groups is 2. The van der Waals surface area contributed by atoms with Crippen LogP contribution in [-0.2, 0) is 0 Å². The van der Waals surface area contributed by atoms with Crippen molar-refractivity contribution in [3.8, 4) is 0 Å². The molecule has 0 aromatic heterocycles. The maximum atomic E-state index is 12.5. The van der Waals surface area contributed by atoms with E-state index in [9.17, 15) is 9.59 Å². The summed E-state index contributed by atoms with van der Waals surface area (Å²) < 4.78 is 0. The number of hydrogen-bond acceptors (Lipinski definition) is 6. The highest BCUT2D eigenvalue weighted by molar-refractivity contribution is 6.00. The molecule has 0 fully saturated rings. The van der Waals surface area contributed by atoms with Crippen molar-refractivity contribution in [3.05, 3.63) is 95.1 Å². The first-order valence-electron chi connectivity index (χ1n) is 13.3. The van der Waals surface area contributed by atoms with Gasteiger partial charge in [-0.1, -0.05) is 18.2 Å². The van der Waals surface area contributed by atoms with Crippen molar-refractivity contribution >= 4 is 35.4 Å². The number of anilines is 2. The van der Waals surface area contributed by atoms with Gasteiger partial charge in [-0.05, 0) is 93.4 Å². The second-order valence-electron chi connectivity index (χ2n) is 8.89. The Morgan fingerprint density at radius 3 is 1.32 bits per heavy atom. The highest BCUT2D eigenvalue weighted by Gasteiger charge is 2.08. The molecular formula is C32H38N4O2. The lowest BCUT2D eigenvalue weighted by molar-refractivity contribution is 0.0994. The third-order valence-corrected chi connectivity index (χ3v) is 6.50. The van der Waals surface area contributed by atoms with E-state index < -0.39 is 0 Å². The number of benzene rings is 3. The van der Waals surface area contributed by atoms with Crippen LogP contribution in [0.25, 0.3) is 0 Å². The Bertz CT molecular complexity index is 1140. The number of carbonyl (C=O) groups excluding carboxylic acids is 2. The third-order valence-electron chi connectivity index (χ3n) is 6.50. The number of rotatable bonds is 14. The van der Waals surface area contributed by atoms with Crippen molar-refractivity contribution in [2.75, 3.05) is 49.1 Å². The van der Waals surface area contributed by atoms with Crippen molar-refractivity contribution in [3.63, 3.8) is 0 Å². The van der Waals surface area contributed by atoms with Crippen LogP contribution in [0.5, 0.6) is 0 Å². The van der Waals surface area contributed by atoms with E-state index in [4.69, 9.17) is 0 Å². The Hall–Kier alpha value is -4.06. The van der Waals surface area contributed by atoms with Crippen LogP contribution < -0.4 is 9.80 Å². The Labute approximate surface area is 226 Å². The Kier molecular flexibility index (Phi) is 11.0. The molecule has 6 heteroatoms. The van der Waals surface area contributed by atoms with Gasteiger partial charge in [-0.25, -0.2) is 0 Å². The van der Waals surface area contributed by atoms with Crippen LogP contribution in [0.3, 0.4) is 0 Å². The molecule has 38 heavy (non-hydrogen) atoms. The van der Waals surface area contributed by atoms with E-state index in [0.29, 0.717) is 11.1 Å². The molecule has 3 aromatic rings. The molecule has 0 aliphatic carbocycles. The molecule has 0 bridgehead atoms. The fourth-order valence-electron chi connectivity index (χ4n) is 4.26.